The maximum Gasteiger partial charge on any atom is 0.246 e. The summed E-state index contributed by atoms with van der Waals surface area (Å²) in [4.78, 5) is 24.3. The van der Waals surface area contributed by atoms with Crippen molar-refractivity contribution in [2.75, 3.05) is 7.05 Å². The molecule has 0 aliphatic rings. The van der Waals surface area contributed by atoms with Gasteiger partial charge in [-0.2, -0.15) is 0 Å². The van der Waals surface area contributed by atoms with Gasteiger partial charge in [0.25, 0.3) is 0 Å². The van der Waals surface area contributed by atoms with E-state index in [9.17, 15) is 18.4 Å². The van der Waals surface area contributed by atoms with Gasteiger partial charge in [-0.05, 0) is 42.2 Å². The molecule has 0 spiro atoms. The van der Waals surface area contributed by atoms with Crippen molar-refractivity contribution >= 4 is 11.8 Å². The number of halogens is 2. The minimum absolute atomic E-state index is 0.183. The normalized spacial score (nSPS) is 11.7. The minimum Gasteiger partial charge on any atom is -0.357 e. The van der Waals surface area contributed by atoms with Crippen LogP contribution in [0.4, 0.5) is 8.78 Å². The molecule has 132 valence electrons. The van der Waals surface area contributed by atoms with Gasteiger partial charge in [0.2, 0.25) is 11.8 Å². The summed E-state index contributed by atoms with van der Waals surface area (Å²) in [6, 6.07) is 9.76. The maximum absolute atomic E-state index is 13.4. The Balaban J connectivity index is 2.08. The fraction of sp³-hybridized carbons (Fsp3) is 0.263. The highest BCUT2D eigenvalue weighted by molar-refractivity contribution is 5.88. The molecule has 1 atom stereocenters. The zero-order valence-electron chi connectivity index (χ0n) is 14.1. The van der Waals surface area contributed by atoms with E-state index < -0.39 is 23.6 Å². The summed E-state index contributed by atoms with van der Waals surface area (Å²) >= 11 is 0. The van der Waals surface area contributed by atoms with Crippen molar-refractivity contribution in [3.63, 3.8) is 0 Å². The van der Waals surface area contributed by atoms with E-state index in [1.807, 2.05) is 31.2 Å². The third kappa shape index (κ3) is 4.86. The molecule has 0 fully saturated rings. The molecule has 0 aromatic heterocycles. The molecule has 2 rings (SSSR count). The zero-order valence-corrected chi connectivity index (χ0v) is 14.1. The smallest absolute Gasteiger partial charge is 0.246 e. The molecule has 0 unspecified atom stereocenters. The Labute approximate surface area is 145 Å². The predicted octanol–water partition coefficient (Wildman–Crippen LogP) is 2.81. The van der Waals surface area contributed by atoms with Crippen LogP contribution in [0.1, 0.15) is 29.2 Å². The van der Waals surface area contributed by atoms with Crippen LogP contribution in [0.15, 0.2) is 42.5 Å². The molecule has 6 heteroatoms. The summed E-state index contributed by atoms with van der Waals surface area (Å²) in [5.41, 5.74) is 2.31. The van der Waals surface area contributed by atoms with Gasteiger partial charge >= 0.3 is 0 Å². The number of carbonyl (C=O) groups is 2. The Kier molecular flexibility index (Phi) is 6.22. The number of hydrogen-bond donors (Lipinski definition) is 2. The molecule has 0 saturated carbocycles. The first-order valence-corrected chi connectivity index (χ1v) is 7.92. The van der Waals surface area contributed by atoms with Crippen molar-refractivity contribution in [3.05, 3.63) is 70.8 Å². The molecule has 0 bridgehead atoms. The maximum atomic E-state index is 13.4. The van der Waals surface area contributed by atoms with Crippen molar-refractivity contribution in [2.24, 2.45) is 0 Å². The van der Waals surface area contributed by atoms with Gasteiger partial charge in [0, 0.05) is 13.5 Å². The third-order valence-corrected chi connectivity index (χ3v) is 3.97. The van der Waals surface area contributed by atoms with E-state index >= 15 is 0 Å². The van der Waals surface area contributed by atoms with Gasteiger partial charge in [-0.1, -0.05) is 30.3 Å². The average molecular weight is 346 g/mol. The van der Waals surface area contributed by atoms with Crippen molar-refractivity contribution in [2.45, 2.75) is 25.8 Å². The average Bonchev–Trinajstić information content (AvgIpc) is 2.61. The number of carbonyl (C=O) groups excluding carboxylic acids is 2. The SMILES string of the molecule is CNC(=O)[C@H](NC(=O)CCc1ccccc1C)c1ccc(F)c(F)c1. The van der Waals surface area contributed by atoms with E-state index in [0.717, 1.165) is 23.3 Å². The number of aryl methyl sites for hydroxylation is 2. The number of likely N-dealkylation sites (N-methyl/N-ethyl adjacent to an activating group) is 1. The Morgan fingerprint density at radius 1 is 1.08 bits per heavy atom. The molecule has 0 aliphatic carbocycles. The summed E-state index contributed by atoms with van der Waals surface area (Å²) in [5.74, 6) is -2.93. The second kappa shape index (κ2) is 8.37. The predicted molar refractivity (Wildman–Crippen MR) is 90.8 cm³/mol. The summed E-state index contributed by atoms with van der Waals surface area (Å²) in [6.07, 6.45) is 0.707. The van der Waals surface area contributed by atoms with Gasteiger partial charge in [0.15, 0.2) is 11.6 Å². The number of rotatable bonds is 6. The standard InChI is InChI=1S/C19H20F2N2O2/c1-12-5-3-4-6-13(12)8-10-17(24)23-18(19(25)22-2)14-7-9-15(20)16(21)11-14/h3-7,9,11,18H,8,10H2,1-2H3,(H,22,25)(H,23,24)/t18-/m1/s1. The fourth-order valence-corrected chi connectivity index (χ4v) is 2.51. The lowest BCUT2D eigenvalue weighted by Gasteiger charge is -2.18. The van der Waals surface area contributed by atoms with Crippen LogP contribution >= 0.6 is 0 Å². The first-order chi connectivity index (χ1) is 11.9. The molecule has 0 aliphatic heterocycles. The van der Waals surface area contributed by atoms with Crippen molar-refractivity contribution in [1.29, 1.82) is 0 Å². The van der Waals surface area contributed by atoms with E-state index in [2.05, 4.69) is 10.6 Å². The lowest BCUT2D eigenvalue weighted by atomic mass is 10.0. The molecule has 2 N–H and O–H groups in total. The van der Waals surface area contributed by atoms with Crippen molar-refractivity contribution in [1.82, 2.24) is 10.6 Å². The number of hydrogen-bond acceptors (Lipinski definition) is 2. The molecule has 4 nitrogen and oxygen atoms in total. The van der Waals surface area contributed by atoms with E-state index in [-0.39, 0.29) is 17.9 Å². The summed E-state index contributed by atoms with van der Waals surface area (Å²) < 4.78 is 26.5. The van der Waals surface area contributed by atoms with Crippen LogP contribution in [0, 0.1) is 18.6 Å². The number of benzene rings is 2. The van der Waals surface area contributed by atoms with Crippen LogP contribution < -0.4 is 10.6 Å². The van der Waals surface area contributed by atoms with Gasteiger partial charge in [-0.3, -0.25) is 9.59 Å². The largest absolute Gasteiger partial charge is 0.357 e. The van der Waals surface area contributed by atoms with Gasteiger partial charge < -0.3 is 10.6 Å². The highest BCUT2D eigenvalue weighted by Crippen LogP contribution is 2.17. The molecule has 2 aromatic carbocycles. The molecular formula is C19H20F2N2O2. The van der Waals surface area contributed by atoms with E-state index in [1.54, 1.807) is 0 Å². The molecule has 0 radical (unpaired) electrons. The molecule has 0 saturated heterocycles. The van der Waals surface area contributed by atoms with Crippen LogP contribution in [-0.4, -0.2) is 18.9 Å². The lowest BCUT2D eigenvalue weighted by Crippen LogP contribution is -2.39. The quantitative estimate of drug-likeness (QED) is 0.845. The van der Waals surface area contributed by atoms with Crippen LogP contribution in [-0.2, 0) is 16.0 Å². The van der Waals surface area contributed by atoms with Crippen LogP contribution in [0.5, 0.6) is 0 Å². The fourth-order valence-electron chi connectivity index (χ4n) is 2.51. The molecule has 25 heavy (non-hydrogen) atoms. The minimum atomic E-state index is -1.08. The van der Waals surface area contributed by atoms with Gasteiger partial charge in [0.05, 0.1) is 0 Å². The Morgan fingerprint density at radius 2 is 1.80 bits per heavy atom. The molecular weight excluding hydrogens is 326 g/mol. The lowest BCUT2D eigenvalue weighted by molar-refractivity contribution is -0.128. The molecule has 2 aromatic rings. The third-order valence-electron chi connectivity index (χ3n) is 3.97. The number of nitrogens with one attached hydrogen (secondary N) is 2. The van der Waals surface area contributed by atoms with Gasteiger partial charge in [-0.15, -0.1) is 0 Å². The second-order valence-electron chi connectivity index (χ2n) is 5.71. The first kappa shape index (κ1) is 18.6. The molecule has 2 amide bonds. The topological polar surface area (TPSA) is 58.2 Å². The van der Waals surface area contributed by atoms with E-state index in [4.69, 9.17) is 0 Å². The Morgan fingerprint density at radius 3 is 2.44 bits per heavy atom. The first-order valence-electron chi connectivity index (χ1n) is 7.92. The Hall–Kier alpha value is -2.76. The van der Waals surface area contributed by atoms with Crippen molar-refractivity contribution < 1.29 is 18.4 Å². The summed E-state index contributed by atoms with van der Waals surface area (Å²) in [6.45, 7) is 1.96. The Bertz CT molecular complexity index is 778. The monoisotopic (exact) mass is 346 g/mol. The van der Waals surface area contributed by atoms with Crippen LogP contribution in [0.3, 0.4) is 0 Å². The molecule has 0 heterocycles. The van der Waals surface area contributed by atoms with Gasteiger partial charge in [0.1, 0.15) is 6.04 Å². The van der Waals surface area contributed by atoms with Crippen LogP contribution in [0.2, 0.25) is 0 Å². The van der Waals surface area contributed by atoms with E-state index in [0.29, 0.717) is 6.42 Å². The van der Waals surface area contributed by atoms with Crippen LogP contribution in [0.25, 0.3) is 0 Å². The van der Waals surface area contributed by atoms with Crippen molar-refractivity contribution in [3.8, 4) is 0 Å². The second-order valence-corrected chi connectivity index (χ2v) is 5.71. The summed E-state index contributed by atoms with van der Waals surface area (Å²) in [7, 11) is 1.41. The zero-order chi connectivity index (χ0) is 18.4. The number of amides is 2. The van der Waals surface area contributed by atoms with Gasteiger partial charge in [-0.25, -0.2) is 8.78 Å². The summed E-state index contributed by atoms with van der Waals surface area (Å²) in [5, 5.41) is 5.00. The highest BCUT2D eigenvalue weighted by Gasteiger charge is 2.23. The van der Waals surface area contributed by atoms with E-state index in [1.165, 1.54) is 13.1 Å². The highest BCUT2D eigenvalue weighted by atomic mass is 19.2.